The van der Waals surface area contributed by atoms with Gasteiger partial charge in [0.15, 0.2) is 13.6 Å². The zero-order valence-electron chi connectivity index (χ0n) is 13.6. The Labute approximate surface area is 140 Å². The summed E-state index contributed by atoms with van der Waals surface area (Å²) in [5, 5.41) is 0. The van der Waals surface area contributed by atoms with E-state index in [0.29, 0.717) is 11.5 Å². The van der Waals surface area contributed by atoms with Gasteiger partial charge in [0.25, 0.3) is 5.91 Å². The van der Waals surface area contributed by atoms with Crippen molar-refractivity contribution >= 4 is 5.91 Å². The number of carbonyl (C=O) groups excluding carboxylic acids is 1. The Morgan fingerprint density at radius 3 is 2.21 bits per heavy atom. The molecular formula is C17H20N2O5. The lowest BCUT2D eigenvalue weighted by atomic mass is 10.0. The predicted molar refractivity (Wildman–Crippen MR) is 88.5 cm³/mol. The van der Waals surface area contributed by atoms with Crippen LogP contribution in [0.15, 0.2) is 42.5 Å². The standard InChI is InChI=1S/C17H20N2O5/c1-21-10-23-15-9-16(24-11-22-2)14(17(20)19-18)8-13(15)12-6-4-3-5-7-12/h3-9H,10-11,18H2,1-2H3,(H,19,20). The van der Waals surface area contributed by atoms with Crippen molar-refractivity contribution < 1.29 is 23.7 Å². The molecular weight excluding hydrogens is 312 g/mol. The molecule has 0 aliphatic rings. The first-order chi connectivity index (χ1) is 11.7. The number of rotatable bonds is 8. The third kappa shape index (κ3) is 4.23. The summed E-state index contributed by atoms with van der Waals surface area (Å²) in [5.74, 6) is 5.61. The maximum atomic E-state index is 12.1. The first kappa shape index (κ1) is 17.7. The summed E-state index contributed by atoms with van der Waals surface area (Å²) in [7, 11) is 3.02. The molecule has 0 unspecified atom stereocenters. The number of carbonyl (C=O) groups is 1. The third-order valence-corrected chi connectivity index (χ3v) is 3.21. The van der Waals surface area contributed by atoms with Crippen molar-refractivity contribution in [3.8, 4) is 22.6 Å². The zero-order valence-corrected chi connectivity index (χ0v) is 13.6. The summed E-state index contributed by atoms with van der Waals surface area (Å²) < 4.78 is 21.0. The van der Waals surface area contributed by atoms with E-state index in [9.17, 15) is 4.79 Å². The highest BCUT2D eigenvalue weighted by atomic mass is 16.7. The summed E-state index contributed by atoms with van der Waals surface area (Å²) in [6, 6.07) is 12.8. The number of nitrogens with two attached hydrogens (primary N) is 1. The van der Waals surface area contributed by atoms with Crippen LogP contribution in [0, 0.1) is 0 Å². The molecule has 2 aromatic carbocycles. The van der Waals surface area contributed by atoms with Crippen molar-refractivity contribution in [2.45, 2.75) is 0 Å². The summed E-state index contributed by atoms with van der Waals surface area (Å²) >= 11 is 0. The monoisotopic (exact) mass is 332 g/mol. The number of methoxy groups -OCH3 is 2. The van der Waals surface area contributed by atoms with Crippen molar-refractivity contribution in [1.82, 2.24) is 5.43 Å². The maximum Gasteiger partial charge on any atom is 0.268 e. The van der Waals surface area contributed by atoms with Gasteiger partial charge in [-0.15, -0.1) is 0 Å². The number of hydrazine groups is 1. The second kappa shape index (κ2) is 8.88. The molecule has 7 heteroatoms. The largest absolute Gasteiger partial charge is 0.467 e. The molecule has 0 aromatic heterocycles. The van der Waals surface area contributed by atoms with Gasteiger partial charge in [0, 0.05) is 25.8 Å². The Kier molecular flexibility index (Phi) is 6.56. The fraction of sp³-hybridized carbons (Fsp3) is 0.235. The molecule has 7 nitrogen and oxygen atoms in total. The molecule has 0 spiro atoms. The Balaban J connectivity index is 2.55. The van der Waals surface area contributed by atoms with E-state index in [1.54, 1.807) is 12.1 Å². The van der Waals surface area contributed by atoms with Crippen LogP contribution >= 0.6 is 0 Å². The van der Waals surface area contributed by atoms with E-state index in [4.69, 9.17) is 24.8 Å². The van der Waals surface area contributed by atoms with Crippen LogP contribution in [0.25, 0.3) is 11.1 Å². The van der Waals surface area contributed by atoms with Crippen LogP contribution in [0.4, 0.5) is 0 Å². The summed E-state index contributed by atoms with van der Waals surface area (Å²) in [5.41, 5.74) is 3.99. The van der Waals surface area contributed by atoms with Crippen molar-refractivity contribution in [3.63, 3.8) is 0 Å². The molecule has 2 rings (SSSR count). The molecule has 2 aromatic rings. The number of nitrogen functional groups attached to an aromatic ring is 1. The average Bonchev–Trinajstić information content (AvgIpc) is 2.64. The number of hydrogen-bond donors (Lipinski definition) is 2. The lowest BCUT2D eigenvalue weighted by molar-refractivity contribution is 0.0457. The van der Waals surface area contributed by atoms with E-state index in [1.165, 1.54) is 14.2 Å². The van der Waals surface area contributed by atoms with E-state index < -0.39 is 5.91 Å². The summed E-state index contributed by atoms with van der Waals surface area (Å²) in [6.07, 6.45) is 0. The van der Waals surface area contributed by atoms with Gasteiger partial charge in [0.2, 0.25) is 0 Å². The first-order valence-corrected chi connectivity index (χ1v) is 7.19. The molecule has 0 radical (unpaired) electrons. The fourth-order valence-electron chi connectivity index (χ4n) is 2.14. The summed E-state index contributed by atoms with van der Waals surface area (Å²) in [4.78, 5) is 12.1. The molecule has 0 saturated heterocycles. The molecule has 1 amide bonds. The number of ether oxygens (including phenoxy) is 4. The minimum Gasteiger partial charge on any atom is -0.467 e. The van der Waals surface area contributed by atoms with Crippen molar-refractivity contribution in [3.05, 3.63) is 48.0 Å². The molecule has 24 heavy (non-hydrogen) atoms. The number of benzene rings is 2. The lowest BCUT2D eigenvalue weighted by Gasteiger charge is -2.16. The second-order valence-electron chi connectivity index (χ2n) is 4.79. The van der Waals surface area contributed by atoms with Gasteiger partial charge < -0.3 is 18.9 Å². The quantitative estimate of drug-likeness (QED) is 0.332. The zero-order chi connectivity index (χ0) is 17.4. The van der Waals surface area contributed by atoms with Gasteiger partial charge in [-0.2, -0.15) is 0 Å². The van der Waals surface area contributed by atoms with Crippen LogP contribution in [0.5, 0.6) is 11.5 Å². The Morgan fingerprint density at radius 1 is 1.00 bits per heavy atom. The van der Waals surface area contributed by atoms with Crippen LogP contribution < -0.4 is 20.7 Å². The van der Waals surface area contributed by atoms with Gasteiger partial charge in [-0.3, -0.25) is 10.2 Å². The van der Waals surface area contributed by atoms with Gasteiger partial charge in [-0.25, -0.2) is 5.84 Å². The molecule has 0 saturated carbocycles. The van der Waals surface area contributed by atoms with Gasteiger partial charge in [0.05, 0.1) is 5.56 Å². The molecule has 0 fully saturated rings. The Morgan fingerprint density at radius 2 is 1.62 bits per heavy atom. The van der Waals surface area contributed by atoms with E-state index in [1.807, 2.05) is 30.3 Å². The Hall–Kier alpha value is -2.61. The van der Waals surface area contributed by atoms with Crippen molar-refractivity contribution in [2.24, 2.45) is 5.84 Å². The first-order valence-electron chi connectivity index (χ1n) is 7.19. The smallest absolute Gasteiger partial charge is 0.268 e. The van der Waals surface area contributed by atoms with Gasteiger partial charge in [-0.05, 0) is 11.6 Å². The highest BCUT2D eigenvalue weighted by Crippen LogP contribution is 2.36. The highest BCUT2D eigenvalue weighted by Gasteiger charge is 2.18. The molecule has 128 valence electrons. The van der Waals surface area contributed by atoms with Crippen molar-refractivity contribution in [2.75, 3.05) is 27.8 Å². The molecule has 0 aliphatic heterocycles. The normalized spacial score (nSPS) is 10.3. The Bertz CT molecular complexity index is 676. The number of hydrogen-bond acceptors (Lipinski definition) is 6. The van der Waals surface area contributed by atoms with Crippen LogP contribution in [0.2, 0.25) is 0 Å². The molecule has 0 atom stereocenters. The molecule has 0 aliphatic carbocycles. The maximum absolute atomic E-state index is 12.1. The topological polar surface area (TPSA) is 92.0 Å². The van der Waals surface area contributed by atoms with Crippen LogP contribution in [0.3, 0.4) is 0 Å². The van der Waals surface area contributed by atoms with Crippen LogP contribution in [-0.2, 0) is 9.47 Å². The lowest BCUT2D eigenvalue weighted by Crippen LogP contribution is -2.30. The molecule has 0 bridgehead atoms. The minimum absolute atomic E-state index is 0.0146. The van der Waals surface area contributed by atoms with Gasteiger partial charge >= 0.3 is 0 Å². The van der Waals surface area contributed by atoms with Crippen molar-refractivity contribution in [1.29, 1.82) is 0 Å². The SMILES string of the molecule is COCOc1cc(OCOC)c(-c2ccccc2)cc1C(=O)NN. The van der Waals surface area contributed by atoms with E-state index in [-0.39, 0.29) is 19.1 Å². The highest BCUT2D eigenvalue weighted by molar-refractivity contribution is 5.98. The van der Waals surface area contributed by atoms with E-state index in [0.717, 1.165) is 11.1 Å². The fourth-order valence-corrected chi connectivity index (χ4v) is 2.14. The third-order valence-electron chi connectivity index (χ3n) is 3.21. The summed E-state index contributed by atoms with van der Waals surface area (Å²) in [6.45, 7) is 0.0469. The molecule has 3 N–H and O–H groups in total. The van der Waals surface area contributed by atoms with Crippen LogP contribution in [-0.4, -0.2) is 33.7 Å². The predicted octanol–water partition coefficient (Wildman–Crippen LogP) is 1.92. The van der Waals surface area contributed by atoms with Gasteiger partial charge in [0.1, 0.15) is 11.5 Å². The van der Waals surface area contributed by atoms with Crippen LogP contribution in [0.1, 0.15) is 10.4 Å². The number of amides is 1. The van der Waals surface area contributed by atoms with E-state index >= 15 is 0 Å². The second-order valence-corrected chi connectivity index (χ2v) is 4.79. The minimum atomic E-state index is -0.475. The van der Waals surface area contributed by atoms with E-state index in [2.05, 4.69) is 5.43 Å². The number of nitrogens with one attached hydrogen (secondary N) is 1. The van der Waals surface area contributed by atoms with Gasteiger partial charge in [-0.1, -0.05) is 30.3 Å². The molecule has 0 heterocycles. The average molecular weight is 332 g/mol.